The number of para-hydroxylation sites is 2. The van der Waals surface area contributed by atoms with Crippen LogP contribution in [0.25, 0.3) is 5.69 Å². The summed E-state index contributed by atoms with van der Waals surface area (Å²) in [4.78, 5) is 20.4. The average Bonchev–Trinajstić information content (AvgIpc) is 3.38. The van der Waals surface area contributed by atoms with Crippen LogP contribution in [-0.2, 0) is 24.1 Å². The highest BCUT2D eigenvalue weighted by Crippen LogP contribution is 2.22. The second-order valence-electron chi connectivity index (χ2n) is 7.75. The minimum Gasteiger partial charge on any atom is -0.491 e. The van der Waals surface area contributed by atoms with Gasteiger partial charge in [-0.1, -0.05) is 42.5 Å². The number of carbonyl (C=O) groups excluding carboxylic acids is 1. The van der Waals surface area contributed by atoms with Gasteiger partial charge >= 0.3 is 0 Å². The maximum atomic E-state index is 12.2. The number of ether oxygens (including phenoxy) is 1. The summed E-state index contributed by atoms with van der Waals surface area (Å²) in [6.07, 6.45) is 12.5. The molecule has 0 atom stereocenters. The standard InChI is InChI=1S/C27H27N3O2/c31-25(14-12-24-4-3-16-28-20-24)13-11-22-7-9-23(10-8-22)15-19-32-27-6-2-1-5-26(27)30-18-17-29-21-30/h1-10,16-18,20-21H,11-15,19H2. The lowest BCUT2D eigenvalue weighted by molar-refractivity contribution is -0.119. The predicted octanol–water partition coefficient (Wildman–Crippen LogP) is 5.02. The lowest BCUT2D eigenvalue weighted by atomic mass is 10.0. The fourth-order valence-corrected chi connectivity index (χ4v) is 3.58. The van der Waals surface area contributed by atoms with Crippen LogP contribution in [0.4, 0.5) is 0 Å². The maximum Gasteiger partial charge on any atom is 0.143 e. The van der Waals surface area contributed by atoms with E-state index in [1.807, 2.05) is 53.4 Å². The number of benzene rings is 2. The zero-order valence-corrected chi connectivity index (χ0v) is 18.1. The van der Waals surface area contributed by atoms with Crippen LogP contribution in [0.3, 0.4) is 0 Å². The number of pyridine rings is 1. The molecule has 5 nitrogen and oxygen atoms in total. The molecule has 0 aliphatic rings. The Labute approximate surface area is 188 Å². The molecule has 0 amide bonds. The average molecular weight is 426 g/mol. The molecule has 0 unspecified atom stereocenters. The van der Waals surface area contributed by atoms with Crippen LogP contribution in [0.1, 0.15) is 29.5 Å². The number of ketones is 1. The highest BCUT2D eigenvalue weighted by Gasteiger charge is 2.06. The van der Waals surface area contributed by atoms with Crippen LogP contribution < -0.4 is 4.74 Å². The smallest absolute Gasteiger partial charge is 0.143 e. The van der Waals surface area contributed by atoms with E-state index in [0.29, 0.717) is 25.2 Å². The predicted molar refractivity (Wildman–Crippen MR) is 125 cm³/mol. The molecular formula is C27H27N3O2. The van der Waals surface area contributed by atoms with Gasteiger partial charge in [-0.15, -0.1) is 0 Å². The van der Waals surface area contributed by atoms with E-state index in [-0.39, 0.29) is 0 Å². The Morgan fingerprint density at radius 3 is 2.25 bits per heavy atom. The first-order chi connectivity index (χ1) is 15.8. The van der Waals surface area contributed by atoms with Gasteiger partial charge in [0.05, 0.1) is 18.6 Å². The van der Waals surface area contributed by atoms with Crippen molar-refractivity contribution in [2.75, 3.05) is 6.61 Å². The number of hydrogen-bond acceptors (Lipinski definition) is 4. The van der Waals surface area contributed by atoms with Crippen molar-refractivity contribution in [1.82, 2.24) is 14.5 Å². The van der Waals surface area contributed by atoms with E-state index in [2.05, 4.69) is 34.2 Å². The van der Waals surface area contributed by atoms with Crippen LogP contribution >= 0.6 is 0 Å². The van der Waals surface area contributed by atoms with Gasteiger partial charge in [0.15, 0.2) is 0 Å². The third-order valence-electron chi connectivity index (χ3n) is 5.43. The van der Waals surface area contributed by atoms with Crippen molar-refractivity contribution < 1.29 is 9.53 Å². The van der Waals surface area contributed by atoms with Crippen LogP contribution in [0.15, 0.2) is 91.8 Å². The Kier molecular flexibility index (Phi) is 7.42. The Balaban J connectivity index is 1.21. The molecular weight excluding hydrogens is 398 g/mol. The van der Waals surface area contributed by atoms with Crippen molar-refractivity contribution in [1.29, 1.82) is 0 Å². The normalized spacial score (nSPS) is 10.8. The Hall–Kier alpha value is -3.73. The summed E-state index contributed by atoms with van der Waals surface area (Å²) >= 11 is 0. The van der Waals surface area contributed by atoms with E-state index < -0.39 is 0 Å². The van der Waals surface area contributed by atoms with Gasteiger partial charge in [-0.2, -0.15) is 0 Å². The highest BCUT2D eigenvalue weighted by atomic mass is 16.5. The third-order valence-corrected chi connectivity index (χ3v) is 5.43. The summed E-state index contributed by atoms with van der Waals surface area (Å²) in [5, 5.41) is 0. The molecule has 2 aromatic carbocycles. The first-order valence-electron chi connectivity index (χ1n) is 11.0. The second-order valence-corrected chi connectivity index (χ2v) is 7.75. The third kappa shape index (κ3) is 6.14. The number of hydrogen-bond donors (Lipinski definition) is 0. The summed E-state index contributed by atoms with van der Waals surface area (Å²) in [5.74, 6) is 1.13. The molecule has 0 spiro atoms. The molecule has 0 fully saturated rings. The molecule has 0 saturated carbocycles. The molecule has 2 heterocycles. The van der Waals surface area contributed by atoms with Crippen LogP contribution in [0.5, 0.6) is 5.75 Å². The van der Waals surface area contributed by atoms with Crippen LogP contribution in [0, 0.1) is 0 Å². The lowest BCUT2D eigenvalue weighted by Gasteiger charge is -2.12. The quantitative estimate of drug-likeness (QED) is 0.338. The number of aryl methyl sites for hydroxylation is 2. The molecule has 4 rings (SSSR count). The molecule has 0 aliphatic heterocycles. The summed E-state index contributed by atoms with van der Waals surface area (Å²) in [6.45, 7) is 0.595. The Morgan fingerprint density at radius 1 is 0.781 bits per heavy atom. The molecule has 4 aromatic rings. The van der Waals surface area contributed by atoms with Gasteiger partial charge in [-0.3, -0.25) is 9.78 Å². The summed E-state index contributed by atoms with van der Waals surface area (Å²) in [7, 11) is 0. The van der Waals surface area contributed by atoms with Crippen LogP contribution in [0.2, 0.25) is 0 Å². The molecule has 5 heteroatoms. The van der Waals surface area contributed by atoms with Gasteiger partial charge < -0.3 is 9.30 Å². The number of imidazole rings is 1. The van der Waals surface area contributed by atoms with Crippen molar-refractivity contribution >= 4 is 5.78 Å². The molecule has 32 heavy (non-hydrogen) atoms. The second kappa shape index (κ2) is 11.0. The van der Waals surface area contributed by atoms with Crippen molar-refractivity contribution in [2.24, 2.45) is 0 Å². The molecule has 2 aromatic heterocycles. The lowest BCUT2D eigenvalue weighted by Crippen LogP contribution is -2.05. The van der Waals surface area contributed by atoms with Gasteiger partial charge in [0.1, 0.15) is 11.5 Å². The molecule has 0 bridgehead atoms. The molecule has 0 N–H and O–H groups in total. The molecule has 0 radical (unpaired) electrons. The first-order valence-corrected chi connectivity index (χ1v) is 11.0. The van der Waals surface area contributed by atoms with Crippen molar-refractivity contribution in [3.05, 3.63) is 108 Å². The highest BCUT2D eigenvalue weighted by molar-refractivity contribution is 5.78. The Morgan fingerprint density at radius 2 is 1.53 bits per heavy atom. The maximum absolute atomic E-state index is 12.2. The fraction of sp³-hybridized carbons (Fsp3) is 0.222. The zero-order chi connectivity index (χ0) is 22.0. The van der Waals surface area contributed by atoms with E-state index in [0.717, 1.165) is 36.3 Å². The summed E-state index contributed by atoms with van der Waals surface area (Å²) < 4.78 is 7.99. The van der Waals surface area contributed by atoms with Gasteiger partial charge in [0.25, 0.3) is 0 Å². The molecule has 162 valence electrons. The van der Waals surface area contributed by atoms with E-state index in [4.69, 9.17) is 4.74 Å². The number of Topliss-reactive ketones (excluding diaryl/α,β-unsaturated/α-hetero) is 1. The first kappa shape index (κ1) is 21.5. The van der Waals surface area contributed by atoms with E-state index >= 15 is 0 Å². The minimum atomic E-state index is 0.294. The summed E-state index contributed by atoms with van der Waals surface area (Å²) in [6, 6.07) is 20.4. The van der Waals surface area contributed by atoms with Gasteiger partial charge in [-0.25, -0.2) is 4.98 Å². The van der Waals surface area contributed by atoms with Gasteiger partial charge in [0, 0.05) is 44.0 Å². The van der Waals surface area contributed by atoms with E-state index in [9.17, 15) is 4.79 Å². The number of aromatic nitrogens is 3. The van der Waals surface area contributed by atoms with Crippen molar-refractivity contribution in [3.63, 3.8) is 0 Å². The Bertz CT molecular complexity index is 1110. The molecule has 0 aliphatic carbocycles. The van der Waals surface area contributed by atoms with Gasteiger partial charge in [0.2, 0.25) is 0 Å². The topological polar surface area (TPSA) is 57.0 Å². The minimum absolute atomic E-state index is 0.294. The zero-order valence-electron chi connectivity index (χ0n) is 18.1. The number of rotatable bonds is 11. The fourth-order valence-electron chi connectivity index (χ4n) is 3.58. The van der Waals surface area contributed by atoms with E-state index in [1.54, 1.807) is 18.7 Å². The molecule has 0 saturated heterocycles. The van der Waals surface area contributed by atoms with Crippen molar-refractivity contribution in [2.45, 2.75) is 32.1 Å². The van der Waals surface area contributed by atoms with E-state index in [1.165, 1.54) is 11.1 Å². The monoisotopic (exact) mass is 425 g/mol. The number of nitrogens with zero attached hydrogens (tertiary/aromatic N) is 3. The van der Waals surface area contributed by atoms with Crippen molar-refractivity contribution in [3.8, 4) is 11.4 Å². The van der Waals surface area contributed by atoms with Crippen LogP contribution in [-0.4, -0.2) is 26.9 Å². The SMILES string of the molecule is O=C(CCc1ccc(CCOc2ccccc2-n2ccnc2)cc1)CCc1cccnc1. The largest absolute Gasteiger partial charge is 0.491 e. The summed E-state index contributed by atoms with van der Waals surface area (Å²) in [5.41, 5.74) is 4.50. The number of carbonyl (C=O) groups is 1. The van der Waals surface area contributed by atoms with Gasteiger partial charge in [-0.05, 0) is 47.7 Å².